The molecule has 0 saturated carbocycles. The highest BCUT2D eigenvalue weighted by Gasteiger charge is 2.25. The predicted molar refractivity (Wildman–Crippen MR) is 71.0 cm³/mol. The van der Waals surface area contributed by atoms with Crippen LogP contribution in [0, 0.1) is 0 Å². The first-order chi connectivity index (χ1) is 8.83. The van der Waals surface area contributed by atoms with Crippen LogP contribution in [0.2, 0.25) is 0 Å². The van der Waals surface area contributed by atoms with E-state index in [1.807, 2.05) is 6.07 Å². The van der Waals surface area contributed by atoms with Gasteiger partial charge >= 0.3 is 0 Å². The zero-order valence-electron chi connectivity index (χ0n) is 10.7. The fraction of sp³-hybridized carbons (Fsp3) is 0.600. The first kappa shape index (κ1) is 12.0. The van der Waals surface area contributed by atoms with E-state index in [1.54, 1.807) is 0 Å². The molecule has 3 heteroatoms. The summed E-state index contributed by atoms with van der Waals surface area (Å²) < 4.78 is 5.70. The van der Waals surface area contributed by atoms with Crippen LogP contribution in [0.4, 0.5) is 0 Å². The number of para-hydroxylation sites is 1. The van der Waals surface area contributed by atoms with Crippen LogP contribution in [0.5, 0.6) is 5.75 Å². The molecule has 2 atom stereocenters. The monoisotopic (exact) mass is 247 g/mol. The minimum atomic E-state index is -0.131. The number of hydrogen-bond donors (Lipinski definition) is 1. The maximum Gasteiger partial charge on any atom is 0.122 e. The minimum Gasteiger partial charge on any atom is -0.493 e. The van der Waals surface area contributed by atoms with Crippen LogP contribution in [0.1, 0.15) is 30.7 Å². The molecule has 1 aromatic rings. The molecule has 1 saturated heterocycles. The molecular formula is C15H21NO2. The van der Waals surface area contributed by atoms with Gasteiger partial charge in [0, 0.05) is 19.0 Å². The van der Waals surface area contributed by atoms with Crippen molar-refractivity contribution >= 4 is 0 Å². The lowest BCUT2D eigenvalue weighted by Gasteiger charge is -2.35. The lowest BCUT2D eigenvalue weighted by Crippen LogP contribution is -2.41. The molecule has 2 aliphatic rings. The summed E-state index contributed by atoms with van der Waals surface area (Å²) in [5.41, 5.74) is 1.34. The zero-order chi connectivity index (χ0) is 12.4. The Hall–Kier alpha value is -1.06. The number of piperidine rings is 1. The van der Waals surface area contributed by atoms with Crippen molar-refractivity contribution in [3.63, 3.8) is 0 Å². The summed E-state index contributed by atoms with van der Waals surface area (Å²) >= 11 is 0. The van der Waals surface area contributed by atoms with Gasteiger partial charge in [-0.1, -0.05) is 18.2 Å². The van der Waals surface area contributed by atoms with Crippen LogP contribution < -0.4 is 4.74 Å². The van der Waals surface area contributed by atoms with E-state index < -0.39 is 0 Å². The van der Waals surface area contributed by atoms with E-state index in [4.69, 9.17) is 4.74 Å². The normalized spacial score (nSPS) is 28.5. The molecule has 0 aromatic heterocycles. The Kier molecular flexibility index (Phi) is 3.52. The third-order valence-corrected chi connectivity index (χ3v) is 4.04. The number of nitrogens with zero attached hydrogens (tertiary/aromatic N) is 1. The second kappa shape index (κ2) is 5.29. The average molecular weight is 247 g/mol. The Balaban J connectivity index is 1.70. The fourth-order valence-corrected chi connectivity index (χ4v) is 3.11. The standard InChI is InChI=1S/C15H21NO2/c17-13-4-3-8-16(11-13)10-12-7-9-18-15-6-2-1-5-14(12)15/h1-2,5-6,12-13,17H,3-4,7-11H2. The highest BCUT2D eigenvalue weighted by molar-refractivity contribution is 5.37. The second-order valence-electron chi connectivity index (χ2n) is 5.43. The summed E-state index contributed by atoms with van der Waals surface area (Å²) in [6.45, 7) is 3.83. The van der Waals surface area contributed by atoms with Crippen molar-refractivity contribution in [1.29, 1.82) is 0 Å². The predicted octanol–water partition coefficient (Wildman–Crippen LogP) is 2.01. The Morgan fingerprint density at radius 3 is 3.06 bits per heavy atom. The molecule has 0 amide bonds. The topological polar surface area (TPSA) is 32.7 Å². The number of ether oxygens (including phenoxy) is 1. The Morgan fingerprint density at radius 1 is 1.28 bits per heavy atom. The second-order valence-corrected chi connectivity index (χ2v) is 5.43. The van der Waals surface area contributed by atoms with E-state index in [0.717, 1.165) is 51.3 Å². The van der Waals surface area contributed by atoms with Gasteiger partial charge in [-0.3, -0.25) is 0 Å². The summed E-state index contributed by atoms with van der Waals surface area (Å²) in [5, 5.41) is 9.74. The van der Waals surface area contributed by atoms with E-state index in [9.17, 15) is 5.11 Å². The van der Waals surface area contributed by atoms with Gasteiger partial charge in [-0.05, 0) is 37.4 Å². The molecule has 0 aliphatic carbocycles. The van der Waals surface area contributed by atoms with Crippen LogP contribution in [-0.4, -0.2) is 42.4 Å². The SMILES string of the molecule is OC1CCCN(CC2CCOc3ccccc32)C1. The van der Waals surface area contributed by atoms with Crippen LogP contribution in [-0.2, 0) is 0 Å². The van der Waals surface area contributed by atoms with Gasteiger partial charge in [0.05, 0.1) is 12.7 Å². The van der Waals surface area contributed by atoms with Crippen molar-refractivity contribution in [1.82, 2.24) is 4.90 Å². The third-order valence-electron chi connectivity index (χ3n) is 4.04. The summed E-state index contributed by atoms with van der Waals surface area (Å²) in [6, 6.07) is 8.36. The Morgan fingerprint density at radius 2 is 2.17 bits per heavy atom. The lowest BCUT2D eigenvalue weighted by molar-refractivity contribution is 0.0645. The quantitative estimate of drug-likeness (QED) is 0.867. The average Bonchev–Trinajstić information content (AvgIpc) is 2.39. The molecule has 0 spiro atoms. The van der Waals surface area contributed by atoms with E-state index in [-0.39, 0.29) is 6.10 Å². The number of β-amino-alcohol motifs (C(OH)–C–C–N with tert-alkyl or cyclic N) is 1. The van der Waals surface area contributed by atoms with Gasteiger partial charge in [-0.25, -0.2) is 0 Å². The molecule has 1 N–H and O–H groups in total. The molecule has 3 rings (SSSR count). The number of aliphatic hydroxyl groups excluding tert-OH is 1. The first-order valence-electron chi connectivity index (χ1n) is 6.95. The summed E-state index contributed by atoms with van der Waals surface area (Å²) in [5.74, 6) is 1.60. The summed E-state index contributed by atoms with van der Waals surface area (Å²) in [7, 11) is 0. The molecule has 3 nitrogen and oxygen atoms in total. The summed E-state index contributed by atoms with van der Waals surface area (Å²) in [6.07, 6.45) is 3.03. The van der Waals surface area contributed by atoms with Crippen LogP contribution >= 0.6 is 0 Å². The van der Waals surface area contributed by atoms with Crippen LogP contribution in [0.25, 0.3) is 0 Å². The maximum atomic E-state index is 9.74. The smallest absolute Gasteiger partial charge is 0.122 e. The van der Waals surface area contributed by atoms with Gasteiger partial charge < -0.3 is 14.7 Å². The Labute approximate surface area is 108 Å². The van der Waals surface area contributed by atoms with Gasteiger partial charge in [-0.15, -0.1) is 0 Å². The van der Waals surface area contributed by atoms with Gasteiger partial charge in [0.15, 0.2) is 0 Å². The third kappa shape index (κ3) is 2.52. The lowest BCUT2D eigenvalue weighted by atomic mass is 9.92. The minimum absolute atomic E-state index is 0.131. The van der Waals surface area contributed by atoms with Crippen molar-refractivity contribution in [3.8, 4) is 5.75 Å². The molecule has 98 valence electrons. The number of benzene rings is 1. The van der Waals surface area contributed by atoms with Gasteiger partial charge in [0.2, 0.25) is 0 Å². The molecule has 0 radical (unpaired) electrons. The van der Waals surface area contributed by atoms with E-state index in [0.29, 0.717) is 5.92 Å². The van der Waals surface area contributed by atoms with E-state index in [1.165, 1.54) is 5.56 Å². The largest absolute Gasteiger partial charge is 0.493 e. The molecule has 2 unspecified atom stereocenters. The van der Waals surface area contributed by atoms with Gasteiger partial charge in [0.25, 0.3) is 0 Å². The number of rotatable bonds is 2. The van der Waals surface area contributed by atoms with Crippen LogP contribution in [0.15, 0.2) is 24.3 Å². The molecule has 1 aromatic carbocycles. The fourth-order valence-electron chi connectivity index (χ4n) is 3.11. The Bertz CT molecular complexity index is 407. The van der Waals surface area contributed by atoms with Crippen molar-refractivity contribution in [2.24, 2.45) is 0 Å². The van der Waals surface area contributed by atoms with Gasteiger partial charge in [-0.2, -0.15) is 0 Å². The van der Waals surface area contributed by atoms with Crippen molar-refractivity contribution in [3.05, 3.63) is 29.8 Å². The summed E-state index contributed by atoms with van der Waals surface area (Å²) in [4.78, 5) is 2.40. The van der Waals surface area contributed by atoms with Crippen LogP contribution in [0.3, 0.4) is 0 Å². The zero-order valence-corrected chi connectivity index (χ0v) is 10.7. The van der Waals surface area contributed by atoms with E-state index >= 15 is 0 Å². The highest BCUT2D eigenvalue weighted by atomic mass is 16.5. The first-order valence-corrected chi connectivity index (χ1v) is 6.95. The molecule has 2 aliphatic heterocycles. The molecule has 0 bridgehead atoms. The number of fused-ring (bicyclic) bond motifs is 1. The molecule has 2 heterocycles. The van der Waals surface area contributed by atoms with Crippen molar-refractivity contribution < 1.29 is 9.84 Å². The number of hydrogen-bond acceptors (Lipinski definition) is 3. The maximum absolute atomic E-state index is 9.74. The van der Waals surface area contributed by atoms with Crippen molar-refractivity contribution in [2.75, 3.05) is 26.2 Å². The number of likely N-dealkylation sites (tertiary alicyclic amines) is 1. The van der Waals surface area contributed by atoms with Gasteiger partial charge in [0.1, 0.15) is 5.75 Å². The number of aliphatic hydroxyl groups is 1. The highest BCUT2D eigenvalue weighted by Crippen LogP contribution is 2.34. The molecule has 18 heavy (non-hydrogen) atoms. The molecule has 1 fully saturated rings. The molecular weight excluding hydrogens is 226 g/mol. The van der Waals surface area contributed by atoms with Crippen molar-refractivity contribution in [2.45, 2.75) is 31.3 Å². The van der Waals surface area contributed by atoms with E-state index in [2.05, 4.69) is 23.1 Å².